The fraction of sp³-hybridized carbons (Fsp3) is 0.500. The fourth-order valence-corrected chi connectivity index (χ4v) is 3.70. The lowest BCUT2D eigenvalue weighted by Gasteiger charge is -2.09. The first kappa shape index (κ1) is 12.7. The van der Waals surface area contributed by atoms with Crippen molar-refractivity contribution < 1.29 is 13.2 Å². The number of carbonyl (C=O) groups is 1. The predicted octanol–water partition coefficient (Wildman–Crippen LogP) is -0.578. The largest absolute Gasteiger partial charge is 0.368 e. The van der Waals surface area contributed by atoms with E-state index in [4.69, 9.17) is 5.73 Å². The van der Waals surface area contributed by atoms with Crippen molar-refractivity contribution in [3.63, 3.8) is 0 Å². The molecule has 1 aromatic rings. The minimum absolute atomic E-state index is 0.101. The average Bonchev–Trinajstić information content (AvgIpc) is 2.67. The van der Waals surface area contributed by atoms with Crippen molar-refractivity contribution in [1.82, 2.24) is 10.2 Å². The molecule has 8 heteroatoms. The van der Waals surface area contributed by atoms with Gasteiger partial charge < -0.3 is 11.1 Å². The first-order valence-electron chi connectivity index (χ1n) is 5.54. The molecule has 3 N–H and O–H groups in total. The molecule has 0 radical (unpaired) electrons. The van der Waals surface area contributed by atoms with E-state index in [0.29, 0.717) is 18.8 Å². The Bertz CT molecular complexity index is 541. The Hall–Kier alpha value is -1.70. The van der Waals surface area contributed by atoms with Gasteiger partial charge in [-0.05, 0) is 24.5 Å². The van der Waals surface area contributed by atoms with E-state index in [-0.39, 0.29) is 23.1 Å². The smallest absolute Gasteiger partial charge is 0.269 e. The number of rotatable bonds is 4. The molecule has 7 nitrogen and oxygen atoms in total. The van der Waals surface area contributed by atoms with Crippen molar-refractivity contribution in [2.45, 2.75) is 6.42 Å². The summed E-state index contributed by atoms with van der Waals surface area (Å²) in [4.78, 5) is 10.8. The zero-order chi connectivity index (χ0) is 13.2. The molecule has 18 heavy (non-hydrogen) atoms. The summed E-state index contributed by atoms with van der Waals surface area (Å²) < 4.78 is 22.5. The van der Waals surface area contributed by atoms with Crippen LogP contribution in [-0.4, -0.2) is 42.6 Å². The summed E-state index contributed by atoms with van der Waals surface area (Å²) in [5.74, 6) is 0.450. The second-order valence-corrected chi connectivity index (χ2v) is 6.55. The highest BCUT2D eigenvalue weighted by atomic mass is 32.2. The minimum Gasteiger partial charge on any atom is -0.368 e. The van der Waals surface area contributed by atoms with Crippen LogP contribution < -0.4 is 11.1 Å². The van der Waals surface area contributed by atoms with Crippen LogP contribution >= 0.6 is 0 Å². The number of hydrogen-bond acceptors (Lipinski definition) is 6. The van der Waals surface area contributed by atoms with E-state index in [9.17, 15) is 13.2 Å². The molecule has 0 bridgehead atoms. The Labute approximate surface area is 105 Å². The van der Waals surface area contributed by atoms with Gasteiger partial charge in [0.05, 0.1) is 11.5 Å². The Morgan fingerprint density at radius 3 is 2.72 bits per heavy atom. The molecular weight excluding hydrogens is 256 g/mol. The van der Waals surface area contributed by atoms with Gasteiger partial charge in [0, 0.05) is 6.54 Å². The van der Waals surface area contributed by atoms with Crippen molar-refractivity contribution in [1.29, 1.82) is 0 Å². The molecule has 1 fully saturated rings. The summed E-state index contributed by atoms with van der Waals surface area (Å²) in [7, 11) is -2.86. The van der Waals surface area contributed by atoms with Crippen LogP contribution in [0.3, 0.4) is 0 Å². The molecule has 1 saturated heterocycles. The zero-order valence-corrected chi connectivity index (χ0v) is 10.5. The highest BCUT2D eigenvalue weighted by molar-refractivity contribution is 7.91. The highest BCUT2D eigenvalue weighted by Gasteiger charge is 2.27. The molecule has 1 aliphatic heterocycles. The first-order chi connectivity index (χ1) is 8.46. The van der Waals surface area contributed by atoms with Crippen molar-refractivity contribution >= 4 is 21.6 Å². The minimum atomic E-state index is -2.86. The van der Waals surface area contributed by atoms with E-state index in [2.05, 4.69) is 15.5 Å². The maximum atomic E-state index is 11.3. The molecule has 0 aromatic carbocycles. The second kappa shape index (κ2) is 4.89. The summed E-state index contributed by atoms with van der Waals surface area (Å²) in [6.07, 6.45) is 0.669. The van der Waals surface area contributed by atoms with Gasteiger partial charge in [0.2, 0.25) is 0 Å². The normalized spacial score (nSPS) is 21.7. The van der Waals surface area contributed by atoms with Crippen LogP contribution in [-0.2, 0) is 9.84 Å². The number of nitrogens with zero attached hydrogens (tertiary/aromatic N) is 2. The SMILES string of the molecule is NC(=O)c1ccc(NCC2CCS(=O)(=O)C2)nn1. The third-order valence-corrected chi connectivity index (χ3v) is 4.65. The number of sulfone groups is 1. The third kappa shape index (κ3) is 3.16. The van der Waals surface area contributed by atoms with Crippen LogP contribution in [0.4, 0.5) is 5.82 Å². The lowest BCUT2D eigenvalue weighted by atomic mass is 10.1. The van der Waals surface area contributed by atoms with Gasteiger partial charge in [-0.1, -0.05) is 0 Å². The number of amides is 1. The van der Waals surface area contributed by atoms with Gasteiger partial charge in [0.1, 0.15) is 5.82 Å². The summed E-state index contributed by atoms with van der Waals surface area (Å²) in [5.41, 5.74) is 5.14. The molecule has 1 aromatic heterocycles. The van der Waals surface area contributed by atoms with Crippen LogP contribution in [0.25, 0.3) is 0 Å². The molecule has 1 atom stereocenters. The van der Waals surface area contributed by atoms with Gasteiger partial charge in [-0.25, -0.2) is 8.42 Å². The summed E-state index contributed by atoms with van der Waals surface area (Å²) in [6.45, 7) is 0.532. The van der Waals surface area contributed by atoms with E-state index in [1.54, 1.807) is 6.07 Å². The molecule has 1 unspecified atom stereocenters. The Balaban J connectivity index is 1.89. The number of nitrogens with two attached hydrogens (primary N) is 1. The zero-order valence-electron chi connectivity index (χ0n) is 9.67. The van der Waals surface area contributed by atoms with Gasteiger partial charge >= 0.3 is 0 Å². The molecule has 0 saturated carbocycles. The van der Waals surface area contributed by atoms with Gasteiger partial charge in [-0.2, -0.15) is 0 Å². The number of hydrogen-bond donors (Lipinski definition) is 2. The molecule has 2 rings (SSSR count). The average molecular weight is 270 g/mol. The molecular formula is C10H14N4O3S. The molecule has 1 amide bonds. The van der Waals surface area contributed by atoms with Gasteiger partial charge in [-0.15, -0.1) is 10.2 Å². The highest BCUT2D eigenvalue weighted by Crippen LogP contribution is 2.18. The third-order valence-electron chi connectivity index (χ3n) is 2.82. The van der Waals surface area contributed by atoms with Crippen molar-refractivity contribution in [3.8, 4) is 0 Å². The monoisotopic (exact) mass is 270 g/mol. The summed E-state index contributed by atoms with van der Waals surface area (Å²) >= 11 is 0. The fourth-order valence-electron chi connectivity index (χ4n) is 1.84. The maximum Gasteiger partial charge on any atom is 0.269 e. The number of nitrogens with one attached hydrogen (secondary N) is 1. The van der Waals surface area contributed by atoms with E-state index in [1.165, 1.54) is 6.07 Å². The van der Waals surface area contributed by atoms with Crippen molar-refractivity contribution in [3.05, 3.63) is 17.8 Å². The quantitative estimate of drug-likeness (QED) is 0.756. The predicted molar refractivity (Wildman–Crippen MR) is 65.8 cm³/mol. The number of anilines is 1. The molecule has 2 heterocycles. The van der Waals surface area contributed by atoms with Crippen molar-refractivity contribution in [2.24, 2.45) is 11.7 Å². The van der Waals surface area contributed by atoms with E-state index >= 15 is 0 Å². The Kier molecular flexibility index (Phi) is 3.46. The molecule has 98 valence electrons. The topological polar surface area (TPSA) is 115 Å². The van der Waals surface area contributed by atoms with E-state index < -0.39 is 15.7 Å². The maximum absolute atomic E-state index is 11.3. The number of primary amides is 1. The summed E-state index contributed by atoms with van der Waals surface area (Å²) in [5, 5.41) is 10.4. The van der Waals surface area contributed by atoms with Crippen LogP contribution in [0.5, 0.6) is 0 Å². The van der Waals surface area contributed by atoms with Gasteiger partial charge in [0.15, 0.2) is 15.5 Å². The lowest BCUT2D eigenvalue weighted by Crippen LogP contribution is -2.18. The first-order valence-corrected chi connectivity index (χ1v) is 7.36. The summed E-state index contributed by atoms with van der Waals surface area (Å²) in [6, 6.07) is 3.07. The number of aromatic nitrogens is 2. The van der Waals surface area contributed by atoms with Crippen LogP contribution in [0, 0.1) is 5.92 Å². The second-order valence-electron chi connectivity index (χ2n) is 4.32. The Morgan fingerprint density at radius 2 is 2.22 bits per heavy atom. The van der Waals surface area contributed by atoms with Crippen molar-refractivity contribution in [2.75, 3.05) is 23.4 Å². The van der Waals surface area contributed by atoms with Gasteiger partial charge in [-0.3, -0.25) is 4.79 Å². The lowest BCUT2D eigenvalue weighted by molar-refractivity contribution is 0.0994. The van der Waals surface area contributed by atoms with Crippen LogP contribution in [0.15, 0.2) is 12.1 Å². The van der Waals surface area contributed by atoms with Crippen LogP contribution in [0.1, 0.15) is 16.9 Å². The van der Waals surface area contributed by atoms with E-state index in [0.717, 1.165) is 0 Å². The molecule has 0 aliphatic carbocycles. The standard InChI is InChI=1S/C10H14N4O3S/c11-10(15)8-1-2-9(14-13-8)12-5-7-3-4-18(16,17)6-7/h1-2,7H,3-6H2,(H2,11,15)(H,12,14). The number of carbonyl (C=O) groups excluding carboxylic acids is 1. The molecule has 0 spiro atoms. The van der Waals surface area contributed by atoms with E-state index in [1.807, 2.05) is 0 Å². The van der Waals surface area contributed by atoms with Crippen LogP contribution in [0.2, 0.25) is 0 Å². The molecule has 1 aliphatic rings. The Morgan fingerprint density at radius 1 is 1.44 bits per heavy atom. The van der Waals surface area contributed by atoms with Gasteiger partial charge in [0.25, 0.3) is 5.91 Å².